The van der Waals surface area contributed by atoms with Crippen molar-refractivity contribution in [2.75, 3.05) is 11.1 Å². The van der Waals surface area contributed by atoms with Crippen molar-refractivity contribution < 1.29 is 35.9 Å². The first kappa shape index (κ1) is 23.4. The average Bonchev–Trinajstić information content (AvgIpc) is 2.58. The number of alkyl halides is 6. The van der Waals surface area contributed by atoms with Crippen LogP contribution < -0.4 is 5.32 Å². The summed E-state index contributed by atoms with van der Waals surface area (Å²) in [7, 11) is 0. The first-order valence-electron chi connectivity index (χ1n) is 7.49. The summed E-state index contributed by atoms with van der Waals surface area (Å²) in [6, 6.07) is 4.94. The van der Waals surface area contributed by atoms with Crippen LogP contribution in [0.1, 0.15) is 21.5 Å². The number of anilines is 1. The molecule has 2 aromatic carbocycles. The molecule has 0 saturated carbocycles. The number of halogens is 8. The summed E-state index contributed by atoms with van der Waals surface area (Å²) in [5.41, 5.74) is -3.92. The summed E-state index contributed by atoms with van der Waals surface area (Å²) in [6.45, 7) is 0. The lowest BCUT2D eigenvalue weighted by Gasteiger charge is -2.14. The number of hydrogen-bond acceptors (Lipinski definition) is 3. The van der Waals surface area contributed by atoms with Gasteiger partial charge in [0.15, 0.2) is 0 Å². The number of amides is 1. The molecule has 1 N–H and O–H groups in total. The Morgan fingerprint density at radius 3 is 1.83 bits per heavy atom. The van der Waals surface area contributed by atoms with Crippen molar-refractivity contribution in [3.05, 3.63) is 63.1 Å². The van der Waals surface area contributed by atoms with Gasteiger partial charge in [-0.25, -0.2) is 0 Å². The van der Waals surface area contributed by atoms with Crippen LogP contribution in [0.4, 0.5) is 32.0 Å². The zero-order valence-corrected chi connectivity index (χ0v) is 16.2. The van der Waals surface area contributed by atoms with E-state index in [4.69, 9.17) is 23.2 Å². The van der Waals surface area contributed by atoms with Gasteiger partial charge >= 0.3 is 12.4 Å². The summed E-state index contributed by atoms with van der Waals surface area (Å²) >= 11 is 12.2. The fourth-order valence-electron chi connectivity index (χ4n) is 2.12. The van der Waals surface area contributed by atoms with E-state index in [0.29, 0.717) is 23.9 Å². The number of benzene rings is 2. The second-order valence-electron chi connectivity index (χ2n) is 5.52. The van der Waals surface area contributed by atoms with Gasteiger partial charge in [-0.3, -0.25) is 9.59 Å². The monoisotopic (exact) mass is 475 g/mol. The summed E-state index contributed by atoms with van der Waals surface area (Å²) in [6.07, 6.45) is -10.1. The maximum atomic E-state index is 12.8. The van der Waals surface area contributed by atoms with Gasteiger partial charge in [0.05, 0.1) is 32.5 Å². The second kappa shape index (κ2) is 8.85. The molecule has 29 heavy (non-hydrogen) atoms. The molecule has 0 saturated heterocycles. The molecule has 0 aliphatic heterocycles. The van der Waals surface area contributed by atoms with Crippen LogP contribution in [0.25, 0.3) is 0 Å². The molecule has 0 aromatic heterocycles. The zero-order valence-electron chi connectivity index (χ0n) is 13.9. The molecule has 0 aliphatic rings. The fourth-order valence-corrected chi connectivity index (χ4v) is 3.50. The molecular formula is C17H9Cl2F6NO2S. The van der Waals surface area contributed by atoms with Crippen molar-refractivity contribution in [2.45, 2.75) is 12.4 Å². The third-order valence-electron chi connectivity index (χ3n) is 3.37. The first-order valence-corrected chi connectivity index (χ1v) is 9.23. The number of carbonyl (C=O) groups excluding carboxylic acids is 2. The Kier molecular flexibility index (Phi) is 7.13. The van der Waals surface area contributed by atoms with Crippen molar-refractivity contribution in [3.8, 4) is 0 Å². The van der Waals surface area contributed by atoms with Gasteiger partial charge in [0, 0.05) is 5.69 Å². The van der Waals surface area contributed by atoms with E-state index in [0.717, 1.165) is 0 Å². The standard InChI is InChI=1S/C17H9Cl2F6NO2S/c18-11-2-1-3-12(19)14(11)15(28)29-7-13(27)26-10-5-8(16(20,21)22)4-9(6-10)17(23,24)25/h1-6H,7H2,(H,26,27). The van der Waals surface area contributed by atoms with E-state index in [1.807, 2.05) is 5.32 Å². The van der Waals surface area contributed by atoms with Crippen molar-refractivity contribution in [3.63, 3.8) is 0 Å². The van der Waals surface area contributed by atoms with Gasteiger partial charge in [0.25, 0.3) is 0 Å². The quantitative estimate of drug-likeness (QED) is 0.510. The van der Waals surface area contributed by atoms with Crippen molar-refractivity contribution in [1.29, 1.82) is 0 Å². The SMILES string of the molecule is O=C(CSC(=O)c1c(Cl)cccc1Cl)Nc1cc(C(F)(F)F)cc(C(F)(F)F)c1. The molecule has 3 nitrogen and oxygen atoms in total. The highest BCUT2D eigenvalue weighted by molar-refractivity contribution is 8.14. The summed E-state index contributed by atoms with van der Waals surface area (Å²) in [5, 5.41) is 1.30. The number of thioether (sulfide) groups is 1. The molecule has 2 aromatic rings. The van der Waals surface area contributed by atoms with E-state index in [1.165, 1.54) is 18.2 Å². The Labute approximate surface area is 174 Å². The van der Waals surface area contributed by atoms with E-state index in [9.17, 15) is 35.9 Å². The Hall–Kier alpha value is -1.91. The van der Waals surface area contributed by atoms with Gasteiger partial charge in [-0.2, -0.15) is 26.3 Å². The third-order valence-corrected chi connectivity index (χ3v) is 4.88. The van der Waals surface area contributed by atoms with Crippen LogP contribution in [-0.2, 0) is 17.1 Å². The van der Waals surface area contributed by atoms with Crippen LogP contribution in [0.5, 0.6) is 0 Å². The molecular weight excluding hydrogens is 467 g/mol. The molecule has 0 spiro atoms. The maximum Gasteiger partial charge on any atom is 0.416 e. The molecule has 0 bridgehead atoms. The molecule has 1 amide bonds. The molecule has 0 fully saturated rings. The highest BCUT2D eigenvalue weighted by atomic mass is 35.5. The van der Waals surface area contributed by atoms with Gasteiger partial charge in [-0.15, -0.1) is 0 Å². The van der Waals surface area contributed by atoms with E-state index in [1.54, 1.807) is 0 Å². The fraction of sp³-hybridized carbons (Fsp3) is 0.176. The predicted octanol–water partition coefficient (Wildman–Crippen LogP) is 6.54. The Morgan fingerprint density at radius 1 is 0.897 bits per heavy atom. The lowest BCUT2D eigenvalue weighted by molar-refractivity contribution is -0.143. The Bertz CT molecular complexity index is 894. The normalized spacial score (nSPS) is 12.0. The summed E-state index contributed by atoms with van der Waals surface area (Å²) in [5.74, 6) is -1.57. The van der Waals surface area contributed by atoms with Crippen LogP contribution in [0.3, 0.4) is 0 Å². The average molecular weight is 476 g/mol. The molecule has 12 heteroatoms. The number of carbonyl (C=O) groups is 2. The minimum Gasteiger partial charge on any atom is -0.325 e. The molecule has 2 rings (SSSR count). The van der Waals surface area contributed by atoms with Gasteiger partial charge in [-0.1, -0.05) is 41.0 Å². The molecule has 0 heterocycles. The zero-order chi connectivity index (χ0) is 22.0. The maximum absolute atomic E-state index is 12.8. The van der Waals surface area contributed by atoms with Crippen LogP contribution in [-0.4, -0.2) is 16.8 Å². The topological polar surface area (TPSA) is 46.2 Å². The van der Waals surface area contributed by atoms with E-state index in [2.05, 4.69) is 0 Å². The molecule has 0 unspecified atom stereocenters. The first-order chi connectivity index (χ1) is 13.3. The van der Waals surface area contributed by atoms with Crippen molar-refractivity contribution in [2.24, 2.45) is 0 Å². The summed E-state index contributed by atoms with van der Waals surface area (Å²) in [4.78, 5) is 24.1. The van der Waals surface area contributed by atoms with Gasteiger partial charge in [0.1, 0.15) is 0 Å². The number of rotatable bonds is 4. The molecule has 156 valence electrons. The molecule has 0 radical (unpaired) electrons. The van der Waals surface area contributed by atoms with Crippen molar-refractivity contribution in [1.82, 2.24) is 0 Å². The highest BCUT2D eigenvalue weighted by Crippen LogP contribution is 2.37. The van der Waals surface area contributed by atoms with Gasteiger partial charge in [0.2, 0.25) is 11.0 Å². The number of hydrogen-bond donors (Lipinski definition) is 1. The van der Waals surface area contributed by atoms with E-state index >= 15 is 0 Å². The lowest BCUT2D eigenvalue weighted by atomic mass is 10.1. The van der Waals surface area contributed by atoms with E-state index in [-0.39, 0.29) is 21.7 Å². The smallest absolute Gasteiger partial charge is 0.325 e. The Balaban J connectivity index is 2.15. The van der Waals surface area contributed by atoms with Crippen LogP contribution in [0, 0.1) is 0 Å². The largest absolute Gasteiger partial charge is 0.416 e. The molecule has 0 aliphatic carbocycles. The molecule has 0 atom stereocenters. The highest BCUT2D eigenvalue weighted by Gasteiger charge is 2.37. The minimum atomic E-state index is -5.05. The second-order valence-corrected chi connectivity index (χ2v) is 7.28. The third kappa shape index (κ3) is 6.28. The lowest BCUT2D eigenvalue weighted by Crippen LogP contribution is -2.18. The predicted molar refractivity (Wildman–Crippen MR) is 98.3 cm³/mol. The van der Waals surface area contributed by atoms with E-state index < -0.39 is 45.9 Å². The number of nitrogens with one attached hydrogen (secondary N) is 1. The van der Waals surface area contributed by atoms with Crippen LogP contribution >= 0.6 is 35.0 Å². The van der Waals surface area contributed by atoms with Crippen molar-refractivity contribution >= 4 is 51.7 Å². The van der Waals surface area contributed by atoms with Gasteiger partial charge in [-0.05, 0) is 30.3 Å². The minimum absolute atomic E-state index is 0.0307. The van der Waals surface area contributed by atoms with Crippen LogP contribution in [0.2, 0.25) is 10.0 Å². The van der Waals surface area contributed by atoms with Gasteiger partial charge < -0.3 is 5.32 Å². The van der Waals surface area contributed by atoms with Crippen LogP contribution in [0.15, 0.2) is 36.4 Å². The Morgan fingerprint density at radius 2 is 1.38 bits per heavy atom. The summed E-state index contributed by atoms with van der Waals surface area (Å²) < 4.78 is 77.0.